The van der Waals surface area contributed by atoms with Crippen LogP contribution in [0.5, 0.6) is 5.75 Å². The number of phenolic OH excluding ortho intramolecular Hbond substituents is 1. The first-order chi connectivity index (χ1) is 6.79. The lowest BCUT2D eigenvalue weighted by atomic mass is 9.91. The lowest BCUT2D eigenvalue weighted by molar-refractivity contribution is 0.409. The van der Waals surface area contributed by atoms with E-state index in [2.05, 4.69) is 5.32 Å². The van der Waals surface area contributed by atoms with Crippen LogP contribution in [0, 0.1) is 5.82 Å². The molecule has 2 N–H and O–H groups in total. The Labute approximate surface area is 82.8 Å². The fourth-order valence-corrected chi connectivity index (χ4v) is 1.97. The van der Waals surface area contributed by atoms with E-state index in [1.807, 2.05) is 0 Å². The Morgan fingerprint density at radius 3 is 3.00 bits per heavy atom. The lowest BCUT2D eigenvalue weighted by Gasteiger charge is -2.23. The summed E-state index contributed by atoms with van der Waals surface area (Å²) in [4.78, 5) is 0. The van der Waals surface area contributed by atoms with Gasteiger partial charge in [-0.25, -0.2) is 4.39 Å². The second kappa shape index (κ2) is 3.96. The van der Waals surface area contributed by atoms with E-state index in [-0.39, 0.29) is 11.7 Å². The number of hydrogen-bond acceptors (Lipinski definition) is 2. The molecule has 1 saturated heterocycles. The maximum absolute atomic E-state index is 13.5. The normalized spacial score (nSPS) is 22.2. The van der Waals surface area contributed by atoms with Crippen molar-refractivity contribution in [3.63, 3.8) is 0 Å². The van der Waals surface area contributed by atoms with Crippen molar-refractivity contribution in [2.75, 3.05) is 13.1 Å². The molecular weight excluding hydrogens is 181 g/mol. The van der Waals surface area contributed by atoms with Gasteiger partial charge in [-0.05, 0) is 36.9 Å². The Balaban J connectivity index is 2.26. The first-order valence-corrected chi connectivity index (χ1v) is 4.97. The minimum Gasteiger partial charge on any atom is -0.505 e. The molecule has 0 bridgehead atoms. The summed E-state index contributed by atoms with van der Waals surface area (Å²) in [5.74, 6) is -0.495. The summed E-state index contributed by atoms with van der Waals surface area (Å²) in [7, 11) is 0. The summed E-state index contributed by atoms with van der Waals surface area (Å²) in [6, 6.07) is 4.84. The van der Waals surface area contributed by atoms with Gasteiger partial charge in [0.25, 0.3) is 0 Å². The minimum atomic E-state index is -0.457. The van der Waals surface area contributed by atoms with Crippen LogP contribution in [0.2, 0.25) is 0 Å². The van der Waals surface area contributed by atoms with Gasteiger partial charge in [-0.1, -0.05) is 12.1 Å². The first kappa shape index (κ1) is 9.46. The highest BCUT2D eigenvalue weighted by atomic mass is 19.1. The van der Waals surface area contributed by atoms with Gasteiger partial charge in [0, 0.05) is 6.54 Å². The van der Waals surface area contributed by atoms with Crippen LogP contribution < -0.4 is 5.32 Å². The Kier molecular flexibility index (Phi) is 2.68. The molecule has 2 rings (SSSR count). The average Bonchev–Trinajstić information content (AvgIpc) is 2.23. The Morgan fingerprint density at radius 1 is 1.43 bits per heavy atom. The number of phenols is 1. The molecule has 1 heterocycles. The van der Waals surface area contributed by atoms with E-state index in [0.717, 1.165) is 25.9 Å². The van der Waals surface area contributed by atoms with Crippen molar-refractivity contribution in [3.05, 3.63) is 29.6 Å². The van der Waals surface area contributed by atoms with E-state index < -0.39 is 5.82 Å². The molecule has 0 spiro atoms. The molecule has 0 aromatic heterocycles. The molecule has 0 saturated carbocycles. The van der Waals surface area contributed by atoms with Crippen LogP contribution in [-0.4, -0.2) is 18.2 Å². The molecule has 2 nitrogen and oxygen atoms in total. The molecule has 3 heteroatoms. The van der Waals surface area contributed by atoms with Crippen molar-refractivity contribution in [1.82, 2.24) is 5.32 Å². The number of nitrogens with one attached hydrogen (secondary N) is 1. The van der Waals surface area contributed by atoms with E-state index in [0.29, 0.717) is 5.56 Å². The molecule has 76 valence electrons. The van der Waals surface area contributed by atoms with Crippen molar-refractivity contribution >= 4 is 0 Å². The number of hydrogen-bond donors (Lipinski definition) is 2. The molecule has 14 heavy (non-hydrogen) atoms. The second-order valence-electron chi connectivity index (χ2n) is 3.72. The zero-order valence-electron chi connectivity index (χ0n) is 7.96. The van der Waals surface area contributed by atoms with Crippen LogP contribution >= 0.6 is 0 Å². The van der Waals surface area contributed by atoms with E-state index in [9.17, 15) is 9.50 Å². The van der Waals surface area contributed by atoms with Gasteiger partial charge in [0.15, 0.2) is 11.6 Å². The molecular formula is C11H14FNO. The maximum atomic E-state index is 13.5. The minimum absolute atomic E-state index is 0.204. The highest BCUT2D eigenvalue weighted by molar-refractivity contribution is 5.32. The second-order valence-corrected chi connectivity index (χ2v) is 3.72. The Bertz CT molecular complexity index is 321. The molecule has 1 aromatic rings. The summed E-state index contributed by atoms with van der Waals surface area (Å²) in [6.45, 7) is 1.82. The highest BCUT2D eigenvalue weighted by Crippen LogP contribution is 2.29. The Hall–Kier alpha value is -1.09. The van der Waals surface area contributed by atoms with Crippen LogP contribution in [0.15, 0.2) is 18.2 Å². The SMILES string of the molecule is Oc1cccc([C@@H]2CCCNC2)c1F. The average molecular weight is 195 g/mol. The van der Waals surface area contributed by atoms with Gasteiger partial charge < -0.3 is 10.4 Å². The van der Waals surface area contributed by atoms with Gasteiger partial charge in [0.1, 0.15) is 0 Å². The van der Waals surface area contributed by atoms with Crippen molar-refractivity contribution in [3.8, 4) is 5.75 Å². The topological polar surface area (TPSA) is 32.3 Å². The molecule has 1 fully saturated rings. The predicted octanol–water partition coefficient (Wildman–Crippen LogP) is 2.00. The first-order valence-electron chi connectivity index (χ1n) is 4.97. The van der Waals surface area contributed by atoms with Crippen molar-refractivity contribution < 1.29 is 9.50 Å². The predicted molar refractivity (Wildman–Crippen MR) is 52.9 cm³/mol. The van der Waals surface area contributed by atoms with E-state index in [4.69, 9.17) is 0 Å². The quantitative estimate of drug-likeness (QED) is 0.718. The number of rotatable bonds is 1. The molecule has 0 radical (unpaired) electrons. The van der Waals surface area contributed by atoms with Gasteiger partial charge in [-0.15, -0.1) is 0 Å². The fourth-order valence-electron chi connectivity index (χ4n) is 1.97. The van der Waals surface area contributed by atoms with Gasteiger partial charge in [-0.3, -0.25) is 0 Å². The summed E-state index contributed by atoms with van der Waals surface area (Å²) in [5, 5.41) is 12.5. The largest absolute Gasteiger partial charge is 0.505 e. The van der Waals surface area contributed by atoms with Gasteiger partial charge in [0.05, 0.1) is 0 Å². The molecule has 1 aromatic carbocycles. The summed E-state index contributed by atoms with van der Waals surface area (Å²) in [5.41, 5.74) is 0.636. The maximum Gasteiger partial charge on any atom is 0.168 e. The van der Waals surface area contributed by atoms with E-state index in [1.165, 1.54) is 6.07 Å². The zero-order chi connectivity index (χ0) is 9.97. The van der Waals surface area contributed by atoms with Crippen molar-refractivity contribution in [2.45, 2.75) is 18.8 Å². The molecule has 1 aliphatic rings. The molecule has 0 unspecified atom stereocenters. The zero-order valence-corrected chi connectivity index (χ0v) is 7.96. The number of halogens is 1. The van der Waals surface area contributed by atoms with Crippen LogP contribution in [0.25, 0.3) is 0 Å². The standard InChI is InChI=1S/C11H14FNO/c12-11-9(4-1-5-10(11)14)8-3-2-6-13-7-8/h1,4-5,8,13-14H,2-3,6-7H2/t8-/m1/s1. The van der Waals surface area contributed by atoms with Crippen LogP contribution in [-0.2, 0) is 0 Å². The monoisotopic (exact) mass is 195 g/mol. The van der Waals surface area contributed by atoms with Crippen molar-refractivity contribution in [2.24, 2.45) is 0 Å². The summed E-state index contributed by atoms with van der Waals surface area (Å²) < 4.78 is 13.5. The van der Waals surface area contributed by atoms with Crippen LogP contribution in [0.4, 0.5) is 4.39 Å². The fraction of sp³-hybridized carbons (Fsp3) is 0.455. The molecule has 1 aliphatic heterocycles. The van der Waals surface area contributed by atoms with Crippen molar-refractivity contribution in [1.29, 1.82) is 0 Å². The van der Waals surface area contributed by atoms with Gasteiger partial charge in [-0.2, -0.15) is 0 Å². The van der Waals surface area contributed by atoms with Crippen LogP contribution in [0.3, 0.4) is 0 Å². The summed E-state index contributed by atoms with van der Waals surface area (Å²) >= 11 is 0. The van der Waals surface area contributed by atoms with E-state index >= 15 is 0 Å². The third-order valence-electron chi connectivity index (χ3n) is 2.74. The summed E-state index contributed by atoms with van der Waals surface area (Å²) in [6.07, 6.45) is 2.06. The molecule has 1 atom stereocenters. The smallest absolute Gasteiger partial charge is 0.168 e. The number of aromatic hydroxyl groups is 1. The van der Waals surface area contributed by atoms with Gasteiger partial charge in [0.2, 0.25) is 0 Å². The number of benzene rings is 1. The molecule has 0 aliphatic carbocycles. The van der Waals surface area contributed by atoms with Crippen LogP contribution in [0.1, 0.15) is 24.3 Å². The van der Waals surface area contributed by atoms with E-state index in [1.54, 1.807) is 12.1 Å². The Morgan fingerprint density at radius 2 is 2.29 bits per heavy atom. The third-order valence-corrected chi connectivity index (χ3v) is 2.74. The third kappa shape index (κ3) is 1.73. The number of piperidine rings is 1. The lowest BCUT2D eigenvalue weighted by Crippen LogP contribution is -2.28. The molecule has 0 amide bonds. The highest BCUT2D eigenvalue weighted by Gasteiger charge is 2.19. The van der Waals surface area contributed by atoms with Gasteiger partial charge >= 0.3 is 0 Å².